The van der Waals surface area contributed by atoms with Crippen LogP contribution in [0, 0.1) is 5.41 Å². The van der Waals surface area contributed by atoms with Crippen molar-refractivity contribution in [2.45, 2.75) is 78.6 Å². The number of nitrogens with one attached hydrogen (secondary N) is 1. The number of nitrogens with zero attached hydrogens (tertiary/aromatic N) is 1. The number of sulfonamides is 1. The fourth-order valence-corrected chi connectivity index (χ4v) is 4.66. The van der Waals surface area contributed by atoms with Crippen LogP contribution >= 0.6 is 0 Å². The highest BCUT2D eigenvalue weighted by molar-refractivity contribution is 7.89. The van der Waals surface area contributed by atoms with Gasteiger partial charge in [0.1, 0.15) is 0 Å². The SMILES string of the molecule is CCCCCCCCCCCS(=O)(=O)NCC(C)(C)C[N+](C)(C)C. The summed E-state index contributed by atoms with van der Waals surface area (Å²) in [5.41, 5.74) is -0.0379. The molecule has 0 amide bonds. The third kappa shape index (κ3) is 15.4. The van der Waals surface area contributed by atoms with Crippen LogP contribution in [0.1, 0.15) is 78.6 Å². The molecular formula is C19H43N2O2S+. The number of quaternary nitrogens is 1. The number of hydrogen-bond donors (Lipinski definition) is 1. The highest BCUT2D eigenvalue weighted by atomic mass is 32.2. The summed E-state index contributed by atoms with van der Waals surface area (Å²) in [7, 11) is 3.28. The molecule has 0 atom stereocenters. The minimum Gasteiger partial charge on any atom is -0.330 e. The van der Waals surface area contributed by atoms with E-state index in [-0.39, 0.29) is 11.2 Å². The van der Waals surface area contributed by atoms with Crippen molar-refractivity contribution in [1.29, 1.82) is 0 Å². The fraction of sp³-hybridized carbons (Fsp3) is 1.00. The van der Waals surface area contributed by atoms with E-state index in [0.29, 0.717) is 6.54 Å². The molecule has 0 rings (SSSR count). The quantitative estimate of drug-likeness (QED) is 0.351. The van der Waals surface area contributed by atoms with Gasteiger partial charge in [0.2, 0.25) is 10.0 Å². The second-order valence-electron chi connectivity index (χ2n) is 9.08. The number of hydrogen-bond acceptors (Lipinski definition) is 2. The smallest absolute Gasteiger partial charge is 0.211 e. The average Bonchev–Trinajstić information content (AvgIpc) is 2.41. The fourth-order valence-electron chi connectivity index (χ4n) is 3.32. The Balaban J connectivity index is 3.83. The first-order chi connectivity index (χ1) is 11.0. The Hall–Kier alpha value is -0.130. The molecular weight excluding hydrogens is 320 g/mol. The molecule has 0 aromatic rings. The summed E-state index contributed by atoms with van der Waals surface area (Å²) in [6.45, 7) is 7.93. The maximum Gasteiger partial charge on any atom is 0.211 e. The van der Waals surface area contributed by atoms with Gasteiger partial charge in [0.25, 0.3) is 0 Å². The molecule has 0 aliphatic rings. The molecule has 0 aliphatic carbocycles. The summed E-state index contributed by atoms with van der Waals surface area (Å²) >= 11 is 0. The molecule has 1 N–H and O–H groups in total. The molecule has 0 aromatic carbocycles. The predicted molar refractivity (Wildman–Crippen MR) is 106 cm³/mol. The van der Waals surface area contributed by atoms with E-state index in [9.17, 15) is 8.42 Å². The van der Waals surface area contributed by atoms with Gasteiger partial charge in [0.05, 0.1) is 33.4 Å². The van der Waals surface area contributed by atoms with Gasteiger partial charge in [0, 0.05) is 12.0 Å². The van der Waals surface area contributed by atoms with E-state index in [1.807, 2.05) is 0 Å². The third-order valence-electron chi connectivity index (χ3n) is 4.19. The zero-order valence-electron chi connectivity index (χ0n) is 17.2. The Morgan fingerprint density at radius 1 is 0.833 bits per heavy atom. The monoisotopic (exact) mass is 363 g/mol. The highest BCUT2D eigenvalue weighted by Gasteiger charge is 2.27. The van der Waals surface area contributed by atoms with Crippen molar-refractivity contribution in [2.75, 3.05) is 40.0 Å². The zero-order chi connectivity index (χ0) is 18.7. The lowest BCUT2D eigenvalue weighted by Crippen LogP contribution is -2.47. The van der Waals surface area contributed by atoms with E-state index in [2.05, 4.69) is 46.6 Å². The van der Waals surface area contributed by atoms with Gasteiger partial charge in [-0.2, -0.15) is 0 Å². The van der Waals surface area contributed by atoms with Gasteiger partial charge in [-0.25, -0.2) is 13.1 Å². The second kappa shape index (κ2) is 11.5. The van der Waals surface area contributed by atoms with Crippen LogP contribution in [-0.2, 0) is 10.0 Å². The van der Waals surface area contributed by atoms with Crippen molar-refractivity contribution < 1.29 is 12.9 Å². The molecule has 0 unspecified atom stereocenters. The first-order valence-electron chi connectivity index (χ1n) is 9.75. The van der Waals surface area contributed by atoms with Gasteiger partial charge in [-0.15, -0.1) is 0 Å². The zero-order valence-corrected chi connectivity index (χ0v) is 18.0. The van der Waals surface area contributed by atoms with Crippen molar-refractivity contribution in [1.82, 2.24) is 4.72 Å². The van der Waals surface area contributed by atoms with Crippen molar-refractivity contribution in [3.63, 3.8) is 0 Å². The topological polar surface area (TPSA) is 46.2 Å². The predicted octanol–water partition coefficient (Wildman–Crippen LogP) is 4.17. The minimum absolute atomic E-state index is 0.0379. The van der Waals surface area contributed by atoms with Crippen LogP contribution in [0.2, 0.25) is 0 Å². The molecule has 24 heavy (non-hydrogen) atoms. The van der Waals surface area contributed by atoms with Crippen molar-refractivity contribution >= 4 is 10.0 Å². The van der Waals surface area contributed by atoms with Gasteiger partial charge in [-0.1, -0.05) is 72.1 Å². The molecule has 5 heteroatoms. The van der Waals surface area contributed by atoms with Crippen molar-refractivity contribution in [3.8, 4) is 0 Å². The molecule has 0 bridgehead atoms. The summed E-state index contributed by atoms with van der Waals surface area (Å²) in [6.07, 6.45) is 10.8. The largest absolute Gasteiger partial charge is 0.330 e. The Kier molecular flexibility index (Phi) is 11.4. The molecule has 0 radical (unpaired) electrons. The van der Waals surface area contributed by atoms with Crippen LogP contribution in [0.25, 0.3) is 0 Å². The van der Waals surface area contributed by atoms with E-state index < -0.39 is 10.0 Å². The Morgan fingerprint density at radius 2 is 1.29 bits per heavy atom. The molecule has 0 fully saturated rings. The number of rotatable bonds is 15. The molecule has 0 saturated carbocycles. The minimum atomic E-state index is -3.13. The lowest BCUT2D eigenvalue weighted by atomic mass is 9.93. The van der Waals surface area contributed by atoms with Crippen LogP contribution in [0.4, 0.5) is 0 Å². The van der Waals surface area contributed by atoms with E-state index in [1.54, 1.807) is 0 Å². The van der Waals surface area contributed by atoms with E-state index >= 15 is 0 Å². The molecule has 0 aliphatic heterocycles. The van der Waals surface area contributed by atoms with Crippen LogP contribution < -0.4 is 4.72 Å². The maximum absolute atomic E-state index is 12.1. The van der Waals surface area contributed by atoms with E-state index in [1.165, 1.54) is 38.5 Å². The van der Waals surface area contributed by atoms with E-state index in [0.717, 1.165) is 30.3 Å². The lowest BCUT2D eigenvalue weighted by molar-refractivity contribution is -0.876. The van der Waals surface area contributed by atoms with Crippen LogP contribution in [0.3, 0.4) is 0 Å². The van der Waals surface area contributed by atoms with Crippen LogP contribution in [-0.4, -0.2) is 52.9 Å². The summed E-state index contributed by atoms with van der Waals surface area (Å²) in [5.74, 6) is 0.267. The molecule has 0 saturated heterocycles. The van der Waals surface area contributed by atoms with Gasteiger partial charge < -0.3 is 4.48 Å². The van der Waals surface area contributed by atoms with Gasteiger partial charge in [-0.05, 0) is 6.42 Å². The number of unbranched alkanes of at least 4 members (excludes halogenated alkanes) is 8. The first kappa shape index (κ1) is 23.9. The summed E-state index contributed by atoms with van der Waals surface area (Å²) in [6, 6.07) is 0. The average molecular weight is 364 g/mol. The summed E-state index contributed by atoms with van der Waals surface area (Å²) < 4.78 is 27.9. The Labute approximate surface area is 152 Å². The molecule has 146 valence electrons. The van der Waals surface area contributed by atoms with Gasteiger partial charge in [0.15, 0.2) is 0 Å². The second-order valence-corrected chi connectivity index (χ2v) is 11.0. The van der Waals surface area contributed by atoms with Crippen molar-refractivity contribution in [2.24, 2.45) is 5.41 Å². The highest BCUT2D eigenvalue weighted by Crippen LogP contribution is 2.18. The lowest BCUT2D eigenvalue weighted by Gasteiger charge is -2.34. The van der Waals surface area contributed by atoms with E-state index in [4.69, 9.17) is 0 Å². The third-order valence-corrected chi connectivity index (χ3v) is 5.60. The summed E-state index contributed by atoms with van der Waals surface area (Å²) in [4.78, 5) is 0. The van der Waals surface area contributed by atoms with Crippen molar-refractivity contribution in [3.05, 3.63) is 0 Å². The standard InChI is InChI=1S/C19H43N2O2S/c1-7-8-9-10-11-12-13-14-15-16-24(22,23)20-17-19(2,3)18-21(4,5)6/h20H,7-18H2,1-6H3/q+1. The van der Waals surface area contributed by atoms with Crippen LogP contribution in [0.15, 0.2) is 0 Å². The summed E-state index contributed by atoms with van der Waals surface area (Å²) in [5, 5.41) is 0. The normalized spacial score (nSPS) is 13.4. The van der Waals surface area contributed by atoms with Crippen LogP contribution in [0.5, 0.6) is 0 Å². The molecule has 0 spiro atoms. The van der Waals surface area contributed by atoms with Gasteiger partial charge >= 0.3 is 0 Å². The molecule has 4 nitrogen and oxygen atoms in total. The first-order valence-corrected chi connectivity index (χ1v) is 11.4. The Bertz CT molecular complexity index is 412. The molecule has 0 aromatic heterocycles. The maximum atomic E-state index is 12.1. The van der Waals surface area contributed by atoms with Gasteiger partial charge in [-0.3, -0.25) is 0 Å². The molecule has 0 heterocycles. The Morgan fingerprint density at radius 3 is 1.75 bits per heavy atom.